The van der Waals surface area contributed by atoms with E-state index < -0.39 is 24.4 Å². The number of amides is 2. The number of aromatic nitrogens is 1. The van der Waals surface area contributed by atoms with Crippen molar-refractivity contribution in [2.24, 2.45) is 0 Å². The van der Waals surface area contributed by atoms with Crippen LogP contribution in [-0.4, -0.2) is 35.9 Å². The predicted octanol–water partition coefficient (Wildman–Crippen LogP) is 2.62. The molecule has 3 rings (SSSR count). The number of thiazole rings is 1. The summed E-state index contributed by atoms with van der Waals surface area (Å²) in [6, 6.07) is 10.9. The molecule has 0 aliphatic rings. The number of ether oxygens (including phenoxy) is 1. The van der Waals surface area contributed by atoms with Gasteiger partial charge in [0.25, 0.3) is 11.8 Å². The summed E-state index contributed by atoms with van der Waals surface area (Å²) < 4.78 is 9.73. The van der Waals surface area contributed by atoms with E-state index in [2.05, 4.69) is 15.6 Å². The van der Waals surface area contributed by atoms with Crippen molar-refractivity contribution in [1.29, 1.82) is 0 Å². The Balaban J connectivity index is 1.42. The van der Waals surface area contributed by atoms with E-state index in [0.717, 1.165) is 16.8 Å². The molecule has 2 amide bonds. The minimum Gasteiger partial charge on any atom is -0.459 e. The maximum absolute atomic E-state index is 11.9. The largest absolute Gasteiger partial charge is 0.459 e. The molecule has 1 aromatic carbocycles. The molecular formula is C19H17N3O5S. The molecule has 9 heteroatoms. The zero-order valence-corrected chi connectivity index (χ0v) is 15.7. The van der Waals surface area contributed by atoms with Gasteiger partial charge in [-0.2, -0.15) is 0 Å². The molecule has 0 radical (unpaired) electrons. The normalized spacial score (nSPS) is 10.3. The molecular weight excluding hydrogens is 382 g/mol. The fraction of sp³-hybridized carbons (Fsp3) is 0.158. The van der Waals surface area contributed by atoms with E-state index in [1.807, 2.05) is 36.6 Å². The Morgan fingerprint density at radius 2 is 1.96 bits per heavy atom. The van der Waals surface area contributed by atoms with Crippen LogP contribution in [0.1, 0.15) is 16.1 Å². The third kappa shape index (κ3) is 5.27. The van der Waals surface area contributed by atoms with E-state index >= 15 is 0 Å². The predicted molar refractivity (Wildman–Crippen MR) is 103 cm³/mol. The second-order valence-electron chi connectivity index (χ2n) is 5.77. The SMILES string of the molecule is Cc1ccc(-c2csc(NC(=O)COC(=O)CNC(=O)c3ccco3)n2)cc1. The van der Waals surface area contributed by atoms with Crippen molar-refractivity contribution >= 4 is 34.3 Å². The number of rotatable bonds is 7. The maximum atomic E-state index is 11.9. The zero-order chi connectivity index (χ0) is 19.9. The average molecular weight is 399 g/mol. The van der Waals surface area contributed by atoms with Crippen LogP contribution in [0.5, 0.6) is 0 Å². The van der Waals surface area contributed by atoms with E-state index in [1.165, 1.54) is 23.7 Å². The Kier molecular flexibility index (Phi) is 6.18. The molecule has 144 valence electrons. The van der Waals surface area contributed by atoms with Crippen LogP contribution >= 0.6 is 11.3 Å². The second-order valence-corrected chi connectivity index (χ2v) is 6.63. The molecule has 3 aromatic rings. The lowest BCUT2D eigenvalue weighted by molar-refractivity contribution is -0.146. The van der Waals surface area contributed by atoms with Gasteiger partial charge in [0.15, 0.2) is 17.5 Å². The van der Waals surface area contributed by atoms with Crippen LogP contribution in [0.2, 0.25) is 0 Å². The van der Waals surface area contributed by atoms with E-state index in [4.69, 9.17) is 9.15 Å². The van der Waals surface area contributed by atoms with Crippen LogP contribution < -0.4 is 10.6 Å². The number of aryl methyl sites for hydroxylation is 1. The van der Waals surface area contributed by atoms with Gasteiger partial charge >= 0.3 is 5.97 Å². The van der Waals surface area contributed by atoms with Gasteiger partial charge in [-0.1, -0.05) is 29.8 Å². The molecule has 8 nitrogen and oxygen atoms in total. The highest BCUT2D eigenvalue weighted by molar-refractivity contribution is 7.14. The van der Waals surface area contributed by atoms with Gasteiger partial charge in [0, 0.05) is 10.9 Å². The summed E-state index contributed by atoms with van der Waals surface area (Å²) in [6.45, 7) is 1.15. The van der Waals surface area contributed by atoms with Crippen molar-refractivity contribution in [3.05, 3.63) is 59.4 Å². The highest BCUT2D eigenvalue weighted by Gasteiger charge is 2.13. The quantitative estimate of drug-likeness (QED) is 0.591. The molecule has 0 aliphatic heterocycles. The number of carbonyl (C=O) groups is 3. The maximum Gasteiger partial charge on any atom is 0.325 e. The van der Waals surface area contributed by atoms with Crippen LogP contribution in [0.3, 0.4) is 0 Å². The van der Waals surface area contributed by atoms with Gasteiger partial charge < -0.3 is 14.5 Å². The number of carbonyl (C=O) groups excluding carboxylic acids is 3. The number of esters is 1. The zero-order valence-electron chi connectivity index (χ0n) is 14.9. The summed E-state index contributed by atoms with van der Waals surface area (Å²) in [5.41, 5.74) is 2.84. The van der Waals surface area contributed by atoms with E-state index in [9.17, 15) is 14.4 Å². The number of nitrogens with one attached hydrogen (secondary N) is 2. The highest BCUT2D eigenvalue weighted by atomic mass is 32.1. The molecule has 0 bridgehead atoms. The van der Waals surface area contributed by atoms with Crippen molar-refractivity contribution < 1.29 is 23.5 Å². The van der Waals surface area contributed by atoms with Crippen molar-refractivity contribution in [3.8, 4) is 11.3 Å². The number of furan rings is 1. The Morgan fingerprint density at radius 1 is 1.18 bits per heavy atom. The number of hydrogen-bond donors (Lipinski definition) is 2. The van der Waals surface area contributed by atoms with Gasteiger partial charge in [-0.3, -0.25) is 19.7 Å². The Bertz CT molecular complexity index is 964. The molecule has 0 saturated heterocycles. The first-order valence-corrected chi connectivity index (χ1v) is 9.19. The lowest BCUT2D eigenvalue weighted by atomic mass is 10.1. The summed E-state index contributed by atoms with van der Waals surface area (Å²) in [5.74, 6) is -1.72. The van der Waals surface area contributed by atoms with Crippen molar-refractivity contribution in [2.75, 3.05) is 18.5 Å². The van der Waals surface area contributed by atoms with Gasteiger partial charge in [-0.25, -0.2) is 4.98 Å². The third-order valence-electron chi connectivity index (χ3n) is 3.60. The molecule has 0 atom stereocenters. The molecule has 2 heterocycles. The van der Waals surface area contributed by atoms with Crippen LogP contribution in [0, 0.1) is 6.92 Å². The van der Waals surface area contributed by atoms with Crippen molar-refractivity contribution in [3.63, 3.8) is 0 Å². The van der Waals surface area contributed by atoms with Crippen LogP contribution in [0.25, 0.3) is 11.3 Å². The monoisotopic (exact) mass is 399 g/mol. The molecule has 0 aliphatic carbocycles. The van der Waals surface area contributed by atoms with E-state index in [-0.39, 0.29) is 12.3 Å². The summed E-state index contributed by atoms with van der Waals surface area (Å²) in [5, 5.41) is 7.14. The summed E-state index contributed by atoms with van der Waals surface area (Å²) in [6.07, 6.45) is 1.35. The fourth-order valence-corrected chi connectivity index (χ4v) is 2.92. The summed E-state index contributed by atoms with van der Waals surface area (Å²) >= 11 is 1.27. The standard InChI is InChI=1S/C19H17N3O5S/c1-12-4-6-13(7-5-12)14-11-28-19(21-14)22-16(23)10-27-17(24)9-20-18(25)15-3-2-8-26-15/h2-8,11H,9-10H2,1H3,(H,20,25)(H,21,22,23). The number of anilines is 1. The fourth-order valence-electron chi connectivity index (χ4n) is 2.19. The smallest absolute Gasteiger partial charge is 0.325 e. The topological polar surface area (TPSA) is 111 Å². The van der Waals surface area contributed by atoms with E-state index in [1.54, 1.807) is 6.07 Å². The minimum atomic E-state index is -0.741. The molecule has 2 N–H and O–H groups in total. The van der Waals surface area contributed by atoms with Crippen molar-refractivity contribution in [2.45, 2.75) is 6.92 Å². The Morgan fingerprint density at radius 3 is 2.68 bits per heavy atom. The van der Waals surface area contributed by atoms with Crippen LogP contribution in [0.4, 0.5) is 5.13 Å². The molecule has 0 saturated carbocycles. The minimum absolute atomic E-state index is 0.0821. The number of hydrogen-bond acceptors (Lipinski definition) is 7. The van der Waals surface area contributed by atoms with Gasteiger partial charge in [0.1, 0.15) is 6.54 Å². The first-order valence-electron chi connectivity index (χ1n) is 8.31. The molecule has 2 aromatic heterocycles. The molecule has 0 unspecified atom stereocenters. The molecule has 0 spiro atoms. The van der Waals surface area contributed by atoms with Crippen LogP contribution in [0.15, 0.2) is 52.5 Å². The van der Waals surface area contributed by atoms with E-state index in [0.29, 0.717) is 5.13 Å². The van der Waals surface area contributed by atoms with Crippen molar-refractivity contribution in [1.82, 2.24) is 10.3 Å². The first-order chi connectivity index (χ1) is 13.5. The van der Waals surface area contributed by atoms with Gasteiger partial charge in [0.05, 0.1) is 12.0 Å². The second kappa shape index (κ2) is 8.96. The highest BCUT2D eigenvalue weighted by Crippen LogP contribution is 2.25. The Hall–Kier alpha value is -3.46. The lowest BCUT2D eigenvalue weighted by Crippen LogP contribution is -2.32. The number of benzene rings is 1. The Labute approximate surface area is 164 Å². The summed E-state index contributed by atoms with van der Waals surface area (Å²) in [7, 11) is 0. The molecule has 28 heavy (non-hydrogen) atoms. The average Bonchev–Trinajstić information content (AvgIpc) is 3.37. The van der Waals surface area contributed by atoms with Crippen LogP contribution in [-0.2, 0) is 14.3 Å². The lowest BCUT2D eigenvalue weighted by Gasteiger charge is -2.05. The molecule has 0 fully saturated rings. The summed E-state index contributed by atoms with van der Waals surface area (Å²) in [4.78, 5) is 39.5. The third-order valence-corrected chi connectivity index (χ3v) is 4.36. The van der Waals surface area contributed by atoms with Gasteiger partial charge in [0.2, 0.25) is 0 Å². The first kappa shape index (κ1) is 19.3. The van der Waals surface area contributed by atoms with Gasteiger partial charge in [-0.05, 0) is 19.1 Å². The van der Waals surface area contributed by atoms with Gasteiger partial charge in [-0.15, -0.1) is 11.3 Å². The number of nitrogens with zero attached hydrogens (tertiary/aromatic N) is 1.